The van der Waals surface area contributed by atoms with Crippen molar-refractivity contribution in [2.24, 2.45) is 0 Å². The van der Waals surface area contributed by atoms with E-state index in [0.29, 0.717) is 25.6 Å². The summed E-state index contributed by atoms with van der Waals surface area (Å²) >= 11 is 0. The summed E-state index contributed by atoms with van der Waals surface area (Å²) in [6.07, 6.45) is 5.89. The van der Waals surface area contributed by atoms with Gasteiger partial charge < -0.3 is 15.4 Å². The zero-order valence-electron chi connectivity index (χ0n) is 15.9. The molecule has 2 aliphatic rings. The number of carbonyl (C=O) groups excluding carboxylic acids is 2. The largest absolute Gasteiger partial charge is 0.381 e. The lowest BCUT2D eigenvalue weighted by Crippen LogP contribution is -2.49. The Morgan fingerprint density at radius 3 is 2.67 bits per heavy atom. The van der Waals surface area contributed by atoms with Gasteiger partial charge in [-0.05, 0) is 37.8 Å². The van der Waals surface area contributed by atoms with Crippen LogP contribution >= 0.6 is 0 Å². The van der Waals surface area contributed by atoms with Gasteiger partial charge in [0.25, 0.3) is 0 Å². The molecular formula is C21H29N3O3. The highest BCUT2D eigenvalue weighted by atomic mass is 16.5. The summed E-state index contributed by atoms with van der Waals surface area (Å²) in [7, 11) is 0. The number of nitrogens with one attached hydrogen (secondary N) is 2. The molecule has 0 spiro atoms. The number of carbonyl (C=O) groups is 2. The summed E-state index contributed by atoms with van der Waals surface area (Å²) in [6.45, 7) is 4.73. The van der Waals surface area contributed by atoms with Gasteiger partial charge in [0.1, 0.15) is 0 Å². The maximum Gasteiger partial charge on any atom is 0.244 e. The predicted octanol–water partition coefficient (Wildman–Crippen LogP) is 1.57. The Bertz CT molecular complexity index is 656. The third-order valence-corrected chi connectivity index (χ3v) is 5.23. The van der Waals surface area contributed by atoms with Crippen LogP contribution in [0.15, 0.2) is 36.4 Å². The SMILES string of the molecule is CCNC(=O)[C@@H]1C[C@H](NC(=O)/C=C/c2ccccc2)CN1C1CCOCC1. The first kappa shape index (κ1) is 19.6. The first-order chi connectivity index (χ1) is 13.2. The quantitative estimate of drug-likeness (QED) is 0.745. The van der Waals surface area contributed by atoms with Crippen molar-refractivity contribution in [2.45, 2.75) is 44.3 Å². The van der Waals surface area contributed by atoms with Crippen molar-refractivity contribution >= 4 is 17.9 Å². The first-order valence-electron chi connectivity index (χ1n) is 9.82. The number of amides is 2. The van der Waals surface area contributed by atoms with Gasteiger partial charge in [-0.3, -0.25) is 14.5 Å². The minimum Gasteiger partial charge on any atom is -0.381 e. The van der Waals surface area contributed by atoms with Crippen molar-refractivity contribution in [3.63, 3.8) is 0 Å². The normalized spacial score (nSPS) is 24.2. The van der Waals surface area contributed by atoms with Gasteiger partial charge in [-0.15, -0.1) is 0 Å². The van der Waals surface area contributed by atoms with Crippen molar-refractivity contribution in [2.75, 3.05) is 26.3 Å². The molecule has 2 saturated heterocycles. The molecule has 0 bridgehead atoms. The zero-order chi connectivity index (χ0) is 19.1. The van der Waals surface area contributed by atoms with Gasteiger partial charge in [0, 0.05) is 44.5 Å². The molecule has 3 rings (SSSR count). The van der Waals surface area contributed by atoms with Gasteiger partial charge >= 0.3 is 0 Å². The average molecular weight is 371 g/mol. The van der Waals surface area contributed by atoms with E-state index in [9.17, 15) is 9.59 Å². The number of likely N-dealkylation sites (N-methyl/N-ethyl adjacent to an activating group) is 1. The third kappa shape index (κ3) is 5.40. The van der Waals surface area contributed by atoms with E-state index in [-0.39, 0.29) is 23.9 Å². The number of nitrogens with zero attached hydrogens (tertiary/aromatic N) is 1. The molecule has 6 heteroatoms. The van der Waals surface area contributed by atoms with Crippen LogP contribution < -0.4 is 10.6 Å². The Balaban J connectivity index is 1.61. The highest BCUT2D eigenvalue weighted by Crippen LogP contribution is 2.26. The number of ether oxygens (including phenoxy) is 1. The van der Waals surface area contributed by atoms with E-state index in [2.05, 4.69) is 15.5 Å². The molecule has 6 nitrogen and oxygen atoms in total. The molecule has 0 aromatic heterocycles. The molecule has 2 heterocycles. The molecule has 1 aromatic carbocycles. The van der Waals surface area contributed by atoms with Gasteiger partial charge in [-0.2, -0.15) is 0 Å². The number of likely N-dealkylation sites (tertiary alicyclic amines) is 1. The molecule has 0 unspecified atom stereocenters. The lowest BCUT2D eigenvalue weighted by molar-refractivity contribution is -0.126. The summed E-state index contributed by atoms with van der Waals surface area (Å²) < 4.78 is 5.46. The van der Waals surface area contributed by atoms with Gasteiger partial charge in [0.15, 0.2) is 0 Å². The number of hydrogen-bond donors (Lipinski definition) is 2. The van der Waals surface area contributed by atoms with Crippen LogP contribution in [0.2, 0.25) is 0 Å². The molecule has 2 fully saturated rings. The smallest absolute Gasteiger partial charge is 0.244 e. The molecular weight excluding hydrogens is 342 g/mol. The minimum absolute atomic E-state index is 0.0200. The fraction of sp³-hybridized carbons (Fsp3) is 0.524. The Labute approximate surface area is 161 Å². The van der Waals surface area contributed by atoms with Crippen LogP contribution in [0.5, 0.6) is 0 Å². The molecule has 2 N–H and O–H groups in total. The van der Waals surface area contributed by atoms with Crippen LogP contribution in [-0.2, 0) is 14.3 Å². The van der Waals surface area contributed by atoms with Gasteiger partial charge in [-0.25, -0.2) is 0 Å². The average Bonchev–Trinajstić information content (AvgIpc) is 3.12. The van der Waals surface area contributed by atoms with E-state index in [1.54, 1.807) is 6.08 Å². The van der Waals surface area contributed by atoms with Crippen LogP contribution in [-0.4, -0.2) is 61.1 Å². The van der Waals surface area contributed by atoms with E-state index in [0.717, 1.165) is 31.6 Å². The van der Waals surface area contributed by atoms with Crippen LogP contribution in [0, 0.1) is 0 Å². The molecule has 2 aliphatic heterocycles. The zero-order valence-corrected chi connectivity index (χ0v) is 15.9. The summed E-state index contributed by atoms with van der Waals surface area (Å²) in [5, 5.41) is 6.01. The molecule has 0 saturated carbocycles. The Hall–Kier alpha value is -2.18. The van der Waals surface area contributed by atoms with Gasteiger partial charge in [-0.1, -0.05) is 30.3 Å². The van der Waals surface area contributed by atoms with Crippen molar-refractivity contribution in [1.82, 2.24) is 15.5 Å². The van der Waals surface area contributed by atoms with Crippen LogP contribution in [0.3, 0.4) is 0 Å². The van der Waals surface area contributed by atoms with E-state index in [4.69, 9.17) is 4.74 Å². The lowest BCUT2D eigenvalue weighted by Gasteiger charge is -2.34. The number of hydrogen-bond acceptors (Lipinski definition) is 4. The number of benzene rings is 1. The summed E-state index contributed by atoms with van der Waals surface area (Å²) in [4.78, 5) is 27.1. The standard InChI is InChI=1S/C21H29N3O3/c1-2-22-21(26)19-14-17(15-24(19)18-10-12-27-13-11-18)23-20(25)9-8-16-6-4-3-5-7-16/h3-9,17-19H,2,10-15H2,1H3,(H,22,26)(H,23,25)/b9-8+/t17-,19-/m0/s1. The van der Waals surface area contributed by atoms with Crippen molar-refractivity contribution < 1.29 is 14.3 Å². The molecule has 146 valence electrons. The molecule has 0 aliphatic carbocycles. The van der Waals surface area contributed by atoms with Crippen molar-refractivity contribution in [3.8, 4) is 0 Å². The second-order valence-corrected chi connectivity index (χ2v) is 7.14. The van der Waals surface area contributed by atoms with Crippen LogP contribution in [0.1, 0.15) is 31.7 Å². The monoisotopic (exact) mass is 371 g/mol. The maximum atomic E-state index is 12.5. The minimum atomic E-state index is -0.184. The second-order valence-electron chi connectivity index (χ2n) is 7.14. The summed E-state index contributed by atoms with van der Waals surface area (Å²) in [5.74, 6) is -0.0621. The van der Waals surface area contributed by atoms with Gasteiger partial charge in [0.05, 0.1) is 6.04 Å². The first-order valence-corrected chi connectivity index (χ1v) is 9.82. The molecule has 27 heavy (non-hydrogen) atoms. The van der Waals surface area contributed by atoms with Crippen molar-refractivity contribution in [1.29, 1.82) is 0 Å². The maximum absolute atomic E-state index is 12.5. The van der Waals surface area contributed by atoms with E-state index >= 15 is 0 Å². The third-order valence-electron chi connectivity index (χ3n) is 5.23. The second kappa shape index (κ2) is 9.67. The van der Waals surface area contributed by atoms with E-state index in [1.165, 1.54) is 0 Å². The fourth-order valence-electron chi connectivity index (χ4n) is 3.92. The van der Waals surface area contributed by atoms with Gasteiger partial charge in [0.2, 0.25) is 11.8 Å². The highest BCUT2D eigenvalue weighted by molar-refractivity contribution is 5.92. The predicted molar refractivity (Wildman–Crippen MR) is 105 cm³/mol. The van der Waals surface area contributed by atoms with Crippen LogP contribution in [0.25, 0.3) is 6.08 Å². The fourth-order valence-corrected chi connectivity index (χ4v) is 3.92. The van der Waals surface area contributed by atoms with E-state index in [1.807, 2.05) is 43.3 Å². The summed E-state index contributed by atoms with van der Waals surface area (Å²) in [5.41, 5.74) is 0.989. The summed E-state index contributed by atoms with van der Waals surface area (Å²) in [6, 6.07) is 9.88. The molecule has 0 radical (unpaired) electrons. The van der Waals surface area contributed by atoms with Crippen LogP contribution in [0.4, 0.5) is 0 Å². The Kier molecular flexibility index (Phi) is 7.01. The lowest BCUT2D eigenvalue weighted by atomic mass is 10.1. The number of rotatable bonds is 6. The van der Waals surface area contributed by atoms with E-state index < -0.39 is 0 Å². The topological polar surface area (TPSA) is 70.7 Å². The molecule has 2 atom stereocenters. The Morgan fingerprint density at radius 1 is 1.22 bits per heavy atom. The highest BCUT2D eigenvalue weighted by Gasteiger charge is 2.40. The Morgan fingerprint density at radius 2 is 1.96 bits per heavy atom. The molecule has 1 aromatic rings. The molecule has 2 amide bonds. The van der Waals surface area contributed by atoms with Crippen molar-refractivity contribution in [3.05, 3.63) is 42.0 Å².